The summed E-state index contributed by atoms with van der Waals surface area (Å²) in [7, 11) is 0. The van der Waals surface area contributed by atoms with E-state index in [2.05, 4.69) is 20.3 Å². The van der Waals surface area contributed by atoms with Gasteiger partial charge >= 0.3 is 6.18 Å². The standard InChI is InChI=1S/C26H19F3N4OS/c1-14-6-7-17(11-21(14)26(27,28)29)24(34)31-18-5-3-4-15(10-18)16-8-9-19-20-13-30-25(35-2)33-23(20)32-22(19)12-16/h3-13H,1-2H3,(H,31,34)(H,30,32,33). The highest BCUT2D eigenvalue weighted by atomic mass is 32.2. The summed E-state index contributed by atoms with van der Waals surface area (Å²) in [6.45, 7) is 1.37. The number of carbonyl (C=O) groups excluding carboxylic acids is 1. The van der Waals surface area contributed by atoms with E-state index in [4.69, 9.17) is 0 Å². The normalized spacial score (nSPS) is 11.8. The molecule has 0 spiro atoms. The molecule has 5 nitrogen and oxygen atoms in total. The minimum Gasteiger partial charge on any atom is -0.339 e. The molecule has 9 heteroatoms. The number of H-pyrrole nitrogens is 1. The van der Waals surface area contributed by atoms with E-state index in [0.717, 1.165) is 39.1 Å². The number of fused-ring (bicyclic) bond motifs is 3. The topological polar surface area (TPSA) is 70.7 Å². The third-order valence-corrected chi connectivity index (χ3v) is 6.33. The first-order valence-electron chi connectivity index (χ1n) is 10.6. The highest BCUT2D eigenvalue weighted by molar-refractivity contribution is 7.98. The number of rotatable bonds is 4. The molecule has 5 rings (SSSR count). The minimum absolute atomic E-state index is 0.0569. The van der Waals surface area contributed by atoms with E-state index in [9.17, 15) is 18.0 Å². The van der Waals surface area contributed by atoms with Crippen molar-refractivity contribution in [1.82, 2.24) is 15.0 Å². The molecule has 0 aliphatic rings. The average molecular weight is 493 g/mol. The lowest BCUT2D eigenvalue weighted by Crippen LogP contribution is -2.15. The molecule has 35 heavy (non-hydrogen) atoms. The monoisotopic (exact) mass is 492 g/mol. The van der Waals surface area contributed by atoms with Crippen LogP contribution >= 0.6 is 11.8 Å². The van der Waals surface area contributed by atoms with Gasteiger partial charge in [0.25, 0.3) is 5.91 Å². The molecule has 0 atom stereocenters. The lowest BCUT2D eigenvalue weighted by atomic mass is 10.0. The molecule has 5 aromatic rings. The number of hydrogen-bond donors (Lipinski definition) is 2. The fraction of sp³-hybridized carbons (Fsp3) is 0.115. The predicted octanol–water partition coefficient (Wildman–Crippen LogP) is 7.08. The van der Waals surface area contributed by atoms with Gasteiger partial charge in [0.05, 0.1) is 5.56 Å². The highest BCUT2D eigenvalue weighted by Crippen LogP contribution is 2.33. The van der Waals surface area contributed by atoms with Gasteiger partial charge in [-0.05, 0) is 60.2 Å². The number of thioether (sulfide) groups is 1. The van der Waals surface area contributed by atoms with E-state index in [-0.39, 0.29) is 11.1 Å². The molecule has 3 aromatic carbocycles. The number of nitrogens with one attached hydrogen (secondary N) is 2. The zero-order valence-electron chi connectivity index (χ0n) is 18.7. The van der Waals surface area contributed by atoms with Gasteiger partial charge in [0.2, 0.25) is 0 Å². The van der Waals surface area contributed by atoms with Gasteiger partial charge in [-0.3, -0.25) is 4.79 Å². The van der Waals surface area contributed by atoms with Crippen LogP contribution in [-0.4, -0.2) is 27.1 Å². The number of aromatic amines is 1. The van der Waals surface area contributed by atoms with E-state index in [1.807, 2.05) is 30.5 Å². The Morgan fingerprint density at radius 3 is 2.57 bits per heavy atom. The number of benzene rings is 3. The Balaban J connectivity index is 1.44. The zero-order chi connectivity index (χ0) is 24.7. The summed E-state index contributed by atoms with van der Waals surface area (Å²) >= 11 is 1.47. The van der Waals surface area contributed by atoms with Gasteiger partial charge in [0, 0.05) is 33.7 Å². The maximum atomic E-state index is 13.2. The minimum atomic E-state index is -4.52. The van der Waals surface area contributed by atoms with Crippen LogP contribution in [0, 0.1) is 6.92 Å². The molecule has 2 aromatic heterocycles. The van der Waals surface area contributed by atoms with Crippen molar-refractivity contribution in [2.24, 2.45) is 0 Å². The number of hydrogen-bond acceptors (Lipinski definition) is 4. The number of amides is 1. The van der Waals surface area contributed by atoms with Crippen molar-refractivity contribution in [3.63, 3.8) is 0 Å². The van der Waals surface area contributed by atoms with Crippen molar-refractivity contribution in [1.29, 1.82) is 0 Å². The maximum Gasteiger partial charge on any atom is 0.416 e. The van der Waals surface area contributed by atoms with Gasteiger partial charge in [0.15, 0.2) is 5.16 Å². The summed E-state index contributed by atoms with van der Waals surface area (Å²) in [5.74, 6) is -0.609. The van der Waals surface area contributed by atoms with E-state index in [1.165, 1.54) is 30.8 Å². The van der Waals surface area contributed by atoms with Gasteiger partial charge in [-0.2, -0.15) is 13.2 Å². The van der Waals surface area contributed by atoms with Crippen LogP contribution in [0.3, 0.4) is 0 Å². The summed E-state index contributed by atoms with van der Waals surface area (Å²) in [5, 5.41) is 5.32. The second-order valence-corrected chi connectivity index (χ2v) is 8.84. The first-order valence-corrected chi connectivity index (χ1v) is 11.9. The molecule has 0 saturated carbocycles. The Morgan fingerprint density at radius 1 is 1.00 bits per heavy atom. The number of nitrogens with zero attached hydrogens (tertiary/aromatic N) is 2. The van der Waals surface area contributed by atoms with Gasteiger partial charge < -0.3 is 10.3 Å². The van der Waals surface area contributed by atoms with Crippen molar-refractivity contribution >= 4 is 45.3 Å². The molecule has 0 bridgehead atoms. The smallest absolute Gasteiger partial charge is 0.339 e. The number of anilines is 1. The maximum absolute atomic E-state index is 13.2. The van der Waals surface area contributed by atoms with Gasteiger partial charge in [0.1, 0.15) is 5.65 Å². The second-order valence-electron chi connectivity index (χ2n) is 8.07. The van der Waals surface area contributed by atoms with Crippen LogP contribution in [0.4, 0.5) is 18.9 Å². The quantitative estimate of drug-likeness (QED) is 0.208. The van der Waals surface area contributed by atoms with Crippen molar-refractivity contribution in [3.8, 4) is 11.1 Å². The number of aromatic nitrogens is 3. The molecule has 0 radical (unpaired) electrons. The molecule has 2 heterocycles. The van der Waals surface area contributed by atoms with E-state index >= 15 is 0 Å². The second kappa shape index (κ2) is 8.74. The van der Waals surface area contributed by atoms with E-state index in [1.54, 1.807) is 24.4 Å². The molecular formula is C26H19F3N4OS. The Labute approximate surface area is 202 Å². The van der Waals surface area contributed by atoms with Crippen molar-refractivity contribution in [2.75, 3.05) is 11.6 Å². The third kappa shape index (κ3) is 4.46. The molecular weight excluding hydrogens is 473 g/mol. The van der Waals surface area contributed by atoms with E-state index < -0.39 is 17.6 Å². The van der Waals surface area contributed by atoms with Crippen LogP contribution in [-0.2, 0) is 6.18 Å². The number of carbonyl (C=O) groups is 1. The van der Waals surface area contributed by atoms with Crippen molar-refractivity contribution in [3.05, 3.63) is 83.6 Å². The molecule has 0 saturated heterocycles. The molecule has 0 fully saturated rings. The summed E-state index contributed by atoms with van der Waals surface area (Å²) in [6, 6.07) is 16.7. The third-order valence-electron chi connectivity index (χ3n) is 5.77. The van der Waals surface area contributed by atoms with E-state index in [0.29, 0.717) is 10.8 Å². The zero-order valence-corrected chi connectivity index (χ0v) is 19.5. The first-order chi connectivity index (χ1) is 16.7. The van der Waals surface area contributed by atoms with Gasteiger partial charge in [-0.25, -0.2) is 9.97 Å². The van der Waals surface area contributed by atoms with Crippen LogP contribution in [0.25, 0.3) is 33.1 Å². The lowest BCUT2D eigenvalue weighted by Gasteiger charge is -2.12. The summed E-state index contributed by atoms with van der Waals surface area (Å²) < 4.78 is 39.7. The predicted molar refractivity (Wildman–Crippen MR) is 133 cm³/mol. The number of halogens is 3. The van der Waals surface area contributed by atoms with Gasteiger partial charge in [-0.1, -0.05) is 42.1 Å². The Kier molecular flexibility index (Phi) is 5.72. The summed E-state index contributed by atoms with van der Waals surface area (Å²) in [6.07, 6.45) is -0.802. The Bertz CT molecular complexity index is 1590. The van der Waals surface area contributed by atoms with Crippen LogP contribution < -0.4 is 5.32 Å². The largest absolute Gasteiger partial charge is 0.416 e. The molecule has 176 valence electrons. The highest BCUT2D eigenvalue weighted by Gasteiger charge is 2.33. The lowest BCUT2D eigenvalue weighted by molar-refractivity contribution is -0.138. The van der Waals surface area contributed by atoms with Crippen LogP contribution in [0.1, 0.15) is 21.5 Å². The van der Waals surface area contributed by atoms with Crippen molar-refractivity contribution < 1.29 is 18.0 Å². The number of alkyl halides is 3. The first kappa shape index (κ1) is 22.9. The molecule has 0 aliphatic heterocycles. The van der Waals surface area contributed by atoms with Gasteiger partial charge in [-0.15, -0.1) is 0 Å². The summed E-state index contributed by atoms with van der Waals surface area (Å²) in [5.41, 5.74) is 3.09. The molecule has 0 aliphatic carbocycles. The Hall–Kier alpha value is -3.85. The van der Waals surface area contributed by atoms with Crippen LogP contribution in [0.5, 0.6) is 0 Å². The van der Waals surface area contributed by atoms with Crippen molar-refractivity contribution in [2.45, 2.75) is 18.3 Å². The fourth-order valence-electron chi connectivity index (χ4n) is 3.99. The average Bonchev–Trinajstić information content (AvgIpc) is 3.20. The fourth-order valence-corrected chi connectivity index (χ4v) is 4.34. The SMILES string of the molecule is CSc1ncc2c(n1)[nH]c1cc(-c3cccc(NC(=O)c4ccc(C)c(C(F)(F)F)c4)c3)ccc12. The molecule has 2 N–H and O–H groups in total. The Morgan fingerprint density at radius 2 is 1.80 bits per heavy atom. The van der Waals surface area contributed by atoms with Crippen LogP contribution in [0.2, 0.25) is 0 Å². The molecule has 1 amide bonds. The van der Waals surface area contributed by atoms with Crippen LogP contribution in [0.15, 0.2) is 72.0 Å². The number of aryl methyl sites for hydroxylation is 1. The summed E-state index contributed by atoms with van der Waals surface area (Å²) in [4.78, 5) is 24.9. The molecule has 0 unspecified atom stereocenters.